The summed E-state index contributed by atoms with van der Waals surface area (Å²) in [7, 11) is 0. The van der Waals surface area contributed by atoms with Crippen LogP contribution in [0.5, 0.6) is 0 Å². The van der Waals surface area contributed by atoms with E-state index < -0.39 is 0 Å². The predicted molar refractivity (Wildman–Crippen MR) is 203 cm³/mol. The van der Waals surface area contributed by atoms with Crippen LogP contribution in [-0.4, -0.2) is 129 Å². The molecule has 2 aliphatic rings. The third-order valence-electron chi connectivity index (χ3n) is 6.98. The van der Waals surface area contributed by atoms with E-state index in [4.69, 9.17) is 18.9 Å². The normalized spacial score (nSPS) is 13.7. The van der Waals surface area contributed by atoms with Gasteiger partial charge in [0.15, 0.2) is 0 Å². The number of nitrogens with zero attached hydrogens (tertiary/aromatic N) is 2. The molecule has 0 unspecified atom stereocenters. The molecule has 0 saturated heterocycles. The van der Waals surface area contributed by atoms with Crippen molar-refractivity contribution in [3.63, 3.8) is 0 Å². The monoisotopic (exact) mass is 836 g/mol. The highest BCUT2D eigenvalue weighted by Crippen LogP contribution is 2.08. The third kappa shape index (κ3) is 27.6. The van der Waals surface area contributed by atoms with Crippen LogP contribution in [0.25, 0.3) is 0 Å². The minimum absolute atomic E-state index is 0.0531. The second-order valence-corrected chi connectivity index (χ2v) is 13.7. The molecule has 0 saturated carbocycles. The zero-order valence-corrected chi connectivity index (χ0v) is 33.6. The highest BCUT2D eigenvalue weighted by molar-refractivity contribution is 14.1. The number of hydrogen-bond donors (Lipinski definition) is 2. The smallest absolute Gasteiger partial charge is 0.253 e. The van der Waals surface area contributed by atoms with Crippen molar-refractivity contribution < 1.29 is 47.7 Å². The summed E-state index contributed by atoms with van der Waals surface area (Å²) in [6, 6.07) is 0. The molecule has 51 heavy (non-hydrogen) atoms. The topological polar surface area (TPSA) is 170 Å². The lowest BCUT2D eigenvalue weighted by Crippen LogP contribution is -2.35. The fourth-order valence-corrected chi connectivity index (χ4v) is 4.12. The van der Waals surface area contributed by atoms with E-state index in [1.54, 1.807) is 0 Å². The van der Waals surface area contributed by atoms with E-state index in [0.29, 0.717) is 81.5 Å². The Morgan fingerprint density at radius 1 is 0.549 bits per heavy atom. The first-order valence-corrected chi connectivity index (χ1v) is 19.3. The van der Waals surface area contributed by atoms with Crippen molar-refractivity contribution >= 4 is 58.0 Å². The highest BCUT2D eigenvalue weighted by atomic mass is 127. The molecule has 0 fully saturated rings. The molecule has 14 nitrogen and oxygen atoms in total. The molecule has 6 amide bonds. The Labute approximate surface area is 317 Å². The molecule has 2 N–H and O–H groups in total. The van der Waals surface area contributed by atoms with Crippen LogP contribution >= 0.6 is 22.6 Å². The Bertz CT molecular complexity index is 1060. The number of amides is 6. The molecule has 0 aromatic heterocycles. The fraction of sp³-hybridized carbons (Fsp3) is 0.722. The number of rotatable bonds is 25. The lowest BCUT2D eigenvalue weighted by atomic mass is 10.1. The quantitative estimate of drug-likeness (QED) is 0.0604. The SMILES string of the molecule is CC(C)CCN1C(=O)C=CC1=O.CC(C)CCOCCOCCNC(=O)CCN1C(=O)C=CC1=O.CC(C)CCOCCOCCNC(=O)CI. The van der Waals surface area contributed by atoms with Crippen molar-refractivity contribution in [2.75, 3.05) is 83.5 Å². The van der Waals surface area contributed by atoms with Crippen LogP contribution in [0.4, 0.5) is 0 Å². The third-order valence-corrected chi connectivity index (χ3v) is 7.67. The van der Waals surface area contributed by atoms with Crippen LogP contribution in [0.3, 0.4) is 0 Å². The molecule has 0 radical (unpaired) electrons. The van der Waals surface area contributed by atoms with E-state index >= 15 is 0 Å². The maximum atomic E-state index is 11.6. The van der Waals surface area contributed by atoms with Gasteiger partial charge in [-0.25, -0.2) is 0 Å². The lowest BCUT2D eigenvalue weighted by Gasteiger charge is -2.14. The molecule has 0 bridgehead atoms. The summed E-state index contributed by atoms with van der Waals surface area (Å²) in [6.07, 6.45) is 8.15. The average Bonchev–Trinajstić information content (AvgIpc) is 3.58. The van der Waals surface area contributed by atoms with Crippen LogP contribution in [0.15, 0.2) is 24.3 Å². The molecule has 292 valence electrons. The Hall–Kier alpha value is -2.73. The van der Waals surface area contributed by atoms with Gasteiger partial charge in [0.05, 0.1) is 44.1 Å². The van der Waals surface area contributed by atoms with Gasteiger partial charge in [-0.15, -0.1) is 0 Å². The van der Waals surface area contributed by atoms with Crippen molar-refractivity contribution in [2.24, 2.45) is 17.8 Å². The standard InChI is InChI=1S/C16H26N2O5.C11H22INO3.C9H13NO2/c1-13(2)6-9-22-11-12-23-10-7-17-14(19)5-8-18-15(20)3-4-16(18)21;1-10(2)3-5-15-7-8-16-6-4-13-11(14)9-12;1-7(2)5-6-10-8(11)3-4-9(10)12/h3-4,13H,5-12H2,1-2H3,(H,17,19);10H,3-9H2,1-2H3,(H,13,14);3-4,7H,5-6H2,1-2H3. The average molecular weight is 837 g/mol. The summed E-state index contributed by atoms with van der Waals surface area (Å²) in [5.41, 5.74) is 0. The second kappa shape index (κ2) is 30.9. The molecule has 0 aromatic rings. The zero-order valence-electron chi connectivity index (χ0n) is 31.4. The first-order valence-electron chi connectivity index (χ1n) is 17.8. The Morgan fingerprint density at radius 3 is 1.27 bits per heavy atom. The van der Waals surface area contributed by atoms with Crippen molar-refractivity contribution in [3.8, 4) is 0 Å². The largest absolute Gasteiger partial charge is 0.379 e. The number of imide groups is 2. The highest BCUT2D eigenvalue weighted by Gasteiger charge is 2.24. The van der Waals surface area contributed by atoms with Gasteiger partial charge in [0.1, 0.15) is 0 Å². The fourth-order valence-electron chi connectivity index (χ4n) is 3.85. The number of alkyl halides is 1. The molecule has 0 aliphatic carbocycles. The Balaban J connectivity index is 0.000000779. The maximum Gasteiger partial charge on any atom is 0.253 e. The minimum Gasteiger partial charge on any atom is -0.379 e. The minimum atomic E-state index is -0.372. The van der Waals surface area contributed by atoms with Gasteiger partial charge in [-0.3, -0.25) is 38.6 Å². The van der Waals surface area contributed by atoms with Crippen LogP contribution in [0, 0.1) is 17.8 Å². The summed E-state index contributed by atoms with van der Waals surface area (Å²) in [5.74, 6) is 0.573. The van der Waals surface area contributed by atoms with Gasteiger partial charge in [-0.1, -0.05) is 64.1 Å². The number of carbonyl (C=O) groups excluding carboxylic acids is 6. The Kier molecular flexibility index (Phi) is 29.2. The second-order valence-electron chi connectivity index (χ2n) is 12.9. The molecule has 2 heterocycles. The van der Waals surface area contributed by atoms with Gasteiger partial charge in [-0.2, -0.15) is 0 Å². The first kappa shape index (κ1) is 48.3. The molecular formula is C36H61IN4O10. The first-order chi connectivity index (χ1) is 24.3. The Morgan fingerprint density at radius 2 is 0.902 bits per heavy atom. The van der Waals surface area contributed by atoms with Crippen molar-refractivity contribution in [1.29, 1.82) is 0 Å². The van der Waals surface area contributed by atoms with Gasteiger partial charge in [-0.05, 0) is 37.0 Å². The van der Waals surface area contributed by atoms with Gasteiger partial charge in [0.2, 0.25) is 11.8 Å². The zero-order chi connectivity index (χ0) is 38.4. The molecule has 15 heteroatoms. The number of halogens is 1. The van der Waals surface area contributed by atoms with Gasteiger partial charge >= 0.3 is 0 Å². The molecule has 2 rings (SSSR count). The summed E-state index contributed by atoms with van der Waals surface area (Å²) < 4.78 is 21.9. The molecule has 0 spiro atoms. The van der Waals surface area contributed by atoms with Gasteiger partial charge < -0.3 is 29.6 Å². The van der Waals surface area contributed by atoms with Crippen LogP contribution < -0.4 is 10.6 Å². The summed E-state index contributed by atoms with van der Waals surface area (Å²) in [6.45, 7) is 19.2. The predicted octanol–water partition coefficient (Wildman–Crippen LogP) is 3.07. The van der Waals surface area contributed by atoms with Crippen molar-refractivity contribution in [2.45, 2.75) is 67.2 Å². The van der Waals surface area contributed by atoms with E-state index in [1.165, 1.54) is 29.2 Å². The van der Waals surface area contributed by atoms with Crippen molar-refractivity contribution in [1.82, 2.24) is 20.4 Å². The summed E-state index contributed by atoms with van der Waals surface area (Å²) in [4.78, 5) is 69.4. The van der Waals surface area contributed by atoms with Crippen LogP contribution in [-0.2, 0) is 47.7 Å². The van der Waals surface area contributed by atoms with Gasteiger partial charge in [0, 0.05) is 70.1 Å². The summed E-state index contributed by atoms with van der Waals surface area (Å²) >= 11 is 2.03. The molecule has 0 aromatic carbocycles. The van der Waals surface area contributed by atoms with Gasteiger partial charge in [0.25, 0.3) is 23.6 Å². The van der Waals surface area contributed by atoms with E-state index in [2.05, 4.69) is 52.2 Å². The number of carbonyl (C=O) groups is 6. The maximum absolute atomic E-state index is 11.6. The lowest BCUT2D eigenvalue weighted by molar-refractivity contribution is -0.138. The van der Waals surface area contributed by atoms with Crippen LogP contribution in [0.1, 0.15) is 67.2 Å². The van der Waals surface area contributed by atoms with Crippen molar-refractivity contribution in [3.05, 3.63) is 24.3 Å². The molecular weight excluding hydrogens is 775 g/mol. The molecule has 0 atom stereocenters. The van der Waals surface area contributed by atoms with Crippen LogP contribution in [0.2, 0.25) is 0 Å². The summed E-state index contributed by atoms with van der Waals surface area (Å²) in [5, 5.41) is 5.42. The van der Waals surface area contributed by atoms with E-state index in [-0.39, 0.29) is 48.4 Å². The number of ether oxygens (including phenoxy) is 4. The van der Waals surface area contributed by atoms with E-state index in [1.807, 2.05) is 22.6 Å². The van der Waals surface area contributed by atoms with E-state index in [9.17, 15) is 28.8 Å². The number of hydrogen-bond acceptors (Lipinski definition) is 10. The molecule has 2 aliphatic heterocycles. The van der Waals surface area contributed by atoms with E-state index in [0.717, 1.165) is 37.4 Å². The number of nitrogens with one attached hydrogen (secondary N) is 2.